The number of carbonyl (C=O) groups is 1. The van der Waals surface area contributed by atoms with E-state index in [-0.39, 0.29) is 25.2 Å². The largest absolute Gasteiger partial charge is 0.488 e. The van der Waals surface area contributed by atoms with Crippen molar-refractivity contribution in [3.8, 4) is 17.2 Å². The Kier molecular flexibility index (Phi) is 6.28. The molecule has 7 heteroatoms. The van der Waals surface area contributed by atoms with Gasteiger partial charge in [-0.1, -0.05) is 48.5 Å². The first-order valence-corrected chi connectivity index (χ1v) is 13.2. The number of carbonyl (C=O) groups excluding carboxylic acids is 1. The zero-order valence-corrected chi connectivity index (χ0v) is 21.8. The van der Waals surface area contributed by atoms with Gasteiger partial charge in [0.05, 0.1) is 18.2 Å². The van der Waals surface area contributed by atoms with Crippen molar-refractivity contribution in [2.75, 3.05) is 24.8 Å². The fraction of sp³-hybridized carbons (Fsp3) is 0.387. The average molecular weight is 516 g/mol. The van der Waals surface area contributed by atoms with E-state index >= 15 is 0 Å². The van der Waals surface area contributed by atoms with Gasteiger partial charge >= 0.3 is 0 Å². The van der Waals surface area contributed by atoms with Gasteiger partial charge in [-0.3, -0.25) is 4.79 Å². The number of hydrogen-bond donors (Lipinski definition) is 1. The number of nitrogens with zero attached hydrogens (tertiary/aromatic N) is 1. The molecule has 0 spiro atoms. The molecule has 2 atom stereocenters. The van der Waals surface area contributed by atoms with E-state index in [1.807, 2.05) is 71.6 Å². The van der Waals surface area contributed by atoms with Crippen molar-refractivity contribution in [1.82, 2.24) is 0 Å². The molecule has 38 heavy (non-hydrogen) atoms. The van der Waals surface area contributed by atoms with Gasteiger partial charge in [-0.25, -0.2) is 0 Å². The Balaban J connectivity index is 1.51. The van der Waals surface area contributed by atoms with Crippen LogP contribution < -0.4 is 19.1 Å². The Hall–Kier alpha value is -3.55. The van der Waals surface area contributed by atoms with Gasteiger partial charge in [-0.2, -0.15) is 0 Å². The van der Waals surface area contributed by atoms with Crippen molar-refractivity contribution in [2.24, 2.45) is 0 Å². The highest BCUT2D eigenvalue weighted by Gasteiger charge is 2.56. The lowest BCUT2D eigenvalue weighted by molar-refractivity contribution is -0.124. The fourth-order valence-corrected chi connectivity index (χ4v) is 5.98. The summed E-state index contributed by atoms with van der Waals surface area (Å²) in [5.41, 5.74) is 0.992. The summed E-state index contributed by atoms with van der Waals surface area (Å²) in [7, 11) is 0. The van der Waals surface area contributed by atoms with E-state index in [9.17, 15) is 9.90 Å². The van der Waals surface area contributed by atoms with Gasteiger partial charge in [-0.05, 0) is 56.4 Å². The molecule has 3 aromatic rings. The second-order valence-corrected chi connectivity index (χ2v) is 10.9. The van der Waals surface area contributed by atoms with Crippen LogP contribution in [-0.2, 0) is 21.6 Å². The third-order valence-corrected chi connectivity index (χ3v) is 7.54. The van der Waals surface area contributed by atoms with Crippen molar-refractivity contribution in [3.63, 3.8) is 0 Å². The first kappa shape index (κ1) is 24.8. The quantitative estimate of drug-likeness (QED) is 0.457. The molecule has 198 valence electrons. The topological polar surface area (TPSA) is 77.5 Å². The Bertz CT molecular complexity index is 1330. The minimum Gasteiger partial charge on any atom is -0.488 e. The molecule has 0 aromatic heterocycles. The van der Waals surface area contributed by atoms with E-state index in [2.05, 4.69) is 0 Å². The van der Waals surface area contributed by atoms with Gasteiger partial charge in [0, 0.05) is 23.9 Å². The van der Waals surface area contributed by atoms with E-state index < -0.39 is 11.0 Å². The Morgan fingerprint density at radius 1 is 1.03 bits per heavy atom. The number of rotatable bonds is 8. The number of aliphatic hydroxyl groups is 1. The molecule has 2 unspecified atom stereocenters. The number of benzene rings is 3. The molecular weight excluding hydrogens is 482 g/mol. The Morgan fingerprint density at radius 3 is 2.50 bits per heavy atom. The zero-order chi connectivity index (χ0) is 26.3. The highest BCUT2D eigenvalue weighted by molar-refractivity contribution is 6.11. The molecule has 3 aliphatic rings. The van der Waals surface area contributed by atoms with Gasteiger partial charge in [0.15, 0.2) is 11.5 Å². The molecule has 1 amide bonds. The Labute approximate surface area is 222 Å². The van der Waals surface area contributed by atoms with Crippen LogP contribution >= 0.6 is 0 Å². The maximum absolute atomic E-state index is 14.7. The first-order valence-electron chi connectivity index (χ1n) is 13.2. The Morgan fingerprint density at radius 2 is 1.76 bits per heavy atom. The van der Waals surface area contributed by atoms with Gasteiger partial charge in [0.25, 0.3) is 0 Å². The first-order chi connectivity index (χ1) is 18.3. The number of anilines is 1. The van der Waals surface area contributed by atoms with Crippen LogP contribution in [-0.4, -0.2) is 42.7 Å². The van der Waals surface area contributed by atoms with Crippen LogP contribution in [0.2, 0.25) is 0 Å². The summed E-state index contributed by atoms with van der Waals surface area (Å²) in [6.45, 7) is 5.08. The second kappa shape index (κ2) is 9.64. The number of para-hydroxylation sites is 1. The summed E-state index contributed by atoms with van der Waals surface area (Å²) in [6, 6.07) is 21.4. The minimum absolute atomic E-state index is 0.0181. The highest BCUT2D eigenvalue weighted by atomic mass is 16.7. The zero-order valence-electron chi connectivity index (χ0n) is 21.8. The van der Waals surface area contributed by atoms with Crippen molar-refractivity contribution >= 4 is 11.6 Å². The number of hydrogen-bond acceptors (Lipinski definition) is 6. The molecule has 1 saturated heterocycles. The van der Waals surface area contributed by atoms with Crippen molar-refractivity contribution in [1.29, 1.82) is 0 Å². The molecular formula is C31H33NO6. The molecule has 6 rings (SSSR count). The van der Waals surface area contributed by atoms with Crippen molar-refractivity contribution in [2.45, 2.75) is 56.8 Å². The van der Waals surface area contributed by atoms with Crippen LogP contribution in [0.15, 0.2) is 66.7 Å². The van der Waals surface area contributed by atoms with E-state index in [1.54, 1.807) is 13.8 Å². The number of fused-ring (bicyclic) bond motifs is 2. The summed E-state index contributed by atoms with van der Waals surface area (Å²) < 4.78 is 23.8. The summed E-state index contributed by atoms with van der Waals surface area (Å²) in [5.74, 6) is 1.57. The van der Waals surface area contributed by atoms with E-state index in [0.29, 0.717) is 42.6 Å². The van der Waals surface area contributed by atoms with E-state index in [4.69, 9.17) is 18.9 Å². The van der Waals surface area contributed by atoms with Gasteiger partial charge in [-0.15, -0.1) is 0 Å². The lowest BCUT2D eigenvalue weighted by Crippen LogP contribution is -2.47. The SMILES string of the molecule is CC(C)(O)CC1(c2cc3c(cc2OCc2ccccc2)OCO3)C(=O)N(CC2CCCO2)c2ccccc21. The molecule has 3 aliphatic heterocycles. The van der Waals surface area contributed by atoms with Gasteiger partial charge < -0.3 is 29.0 Å². The lowest BCUT2D eigenvalue weighted by Gasteiger charge is -2.36. The van der Waals surface area contributed by atoms with Crippen LogP contribution in [0.25, 0.3) is 0 Å². The molecule has 0 saturated carbocycles. The molecule has 1 fully saturated rings. The summed E-state index contributed by atoms with van der Waals surface area (Å²) >= 11 is 0. The smallest absolute Gasteiger partial charge is 0.242 e. The molecule has 0 radical (unpaired) electrons. The van der Waals surface area contributed by atoms with E-state index in [0.717, 1.165) is 29.7 Å². The van der Waals surface area contributed by atoms with Crippen LogP contribution in [0.4, 0.5) is 5.69 Å². The predicted octanol–water partition coefficient (Wildman–Crippen LogP) is 4.97. The van der Waals surface area contributed by atoms with E-state index in [1.165, 1.54) is 0 Å². The number of ether oxygens (including phenoxy) is 4. The standard InChI is InChI=1S/C31H33NO6/c1-30(2,34)19-31(23-12-6-7-13-25(23)32(29(31)33)17-22-11-8-14-35-22)24-15-27-28(38-20-37-27)16-26(24)36-18-21-9-4-3-5-10-21/h3-7,9-10,12-13,15-16,22,34H,8,11,14,17-20H2,1-2H3. The molecule has 0 bridgehead atoms. The monoisotopic (exact) mass is 515 g/mol. The lowest BCUT2D eigenvalue weighted by atomic mass is 9.68. The molecule has 0 aliphatic carbocycles. The fourth-order valence-electron chi connectivity index (χ4n) is 5.98. The van der Waals surface area contributed by atoms with Gasteiger partial charge in [0.2, 0.25) is 12.7 Å². The van der Waals surface area contributed by atoms with Crippen molar-refractivity contribution < 1.29 is 28.8 Å². The third-order valence-electron chi connectivity index (χ3n) is 7.54. The third kappa shape index (κ3) is 4.40. The van der Waals surface area contributed by atoms with Crippen LogP contribution in [0.1, 0.15) is 49.8 Å². The maximum Gasteiger partial charge on any atom is 0.242 e. The average Bonchev–Trinajstić information content (AvgIpc) is 3.64. The summed E-state index contributed by atoms with van der Waals surface area (Å²) in [6.07, 6.45) is 2.05. The highest BCUT2D eigenvalue weighted by Crippen LogP contribution is 2.55. The van der Waals surface area contributed by atoms with Crippen LogP contribution in [0, 0.1) is 0 Å². The normalized spacial score (nSPS) is 22.1. The van der Waals surface area contributed by atoms with Crippen LogP contribution in [0.5, 0.6) is 17.2 Å². The second-order valence-electron chi connectivity index (χ2n) is 10.9. The predicted molar refractivity (Wildman–Crippen MR) is 143 cm³/mol. The van der Waals surface area contributed by atoms with Gasteiger partial charge in [0.1, 0.15) is 17.8 Å². The van der Waals surface area contributed by atoms with Crippen LogP contribution in [0.3, 0.4) is 0 Å². The summed E-state index contributed by atoms with van der Waals surface area (Å²) in [4.78, 5) is 16.5. The molecule has 3 heterocycles. The minimum atomic E-state index is -1.19. The maximum atomic E-state index is 14.7. The molecule has 3 aromatic carbocycles. The molecule has 7 nitrogen and oxygen atoms in total. The van der Waals surface area contributed by atoms with Crippen molar-refractivity contribution in [3.05, 3.63) is 83.4 Å². The molecule has 1 N–H and O–H groups in total. The number of amides is 1. The summed E-state index contributed by atoms with van der Waals surface area (Å²) in [5, 5.41) is 11.2.